The van der Waals surface area contributed by atoms with Gasteiger partial charge in [0.2, 0.25) is 0 Å². The Morgan fingerprint density at radius 3 is 2.68 bits per heavy atom. The maximum absolute atomic E-state index is 5.97. The average molecular weight is 275 g/mol. The van der Waals surface area contributed by atoms with Crippen LogP contribution in [0.2, 0.25) is 0 Å². The van der Waals surface area contributed by atoms with Gasteiger partial charge in [-0.15, -0.1) is 11.3 Å². The first-order valence-electron chi connectivity index (χ1n) is 6.51. The summed E-state index contributed by atoms with van der Waals surface area (Å²) >= 11 is 1.79. The minimum atomic E-state index is 0.199. The van der Waals surface area contributed by atoms with E-state index in [9.17, 15) is 0 Å². The van der Waals surface area contributed by atoms with Gasteiger partial charge in [0.25, 0.3) is 0 Å². The maximum atomic E-state index is 5.97. The summed E-state index contributed by atoms with van der Waals surface area (Å²) in [5.74, 6) is 0. The highest BCUT2D eigenvalue weighted by atomic mass is 32.1. The first-order valence-corrected chi connectivity index (χ1v) is 7.39. The molecule has 0 aliphatic heterocycles. The van der Waals surface area contributed by atoms with E-state index in [1.165, 1.54) is 10.4 Å². The zero-order valence-electron chi connectivity index (χ0n) is 11.7. The summed E-state index contributed by atoms with van der Waals surface area (Å²) in [6, 6.07) is 8.99. The van der Waals surface area contributed by atoms with Crippen LogP contribution < -0.4 is 5.73 Å². The minimum Gasteiger partial charge on any atom is -0.329 e. The summed E-state index contributed by atoms with van der Waals surface area (Å²) in [7, 11) is 2.13. The van der Waals surface area contributed by atoms with Crippen LogP contribution >= 0.6 is 11.3 Å². The van der Waals surface area contributed by atoms with Crippen molar-refractivity contribution >= 4 is 11.3 Å². The van der Waals surface area contributed by atoms with Gasteiger partial charge in [-0.1, -0.05) is 12.1 Å². The number of rotatable bonds is 5. The van der Waals surface area contributed by atoms with E-state index in [0.29, 0.717) is 12.6 Å². The molecular weight excluding hydrogens is 254 g/mol. The van der Waals surface area contributed by atoms with Crippen molar-refractivity contribution in [3.05, 3.63) is 52.0 Å². The Morgan fingerprint density at radius 2 is 2.16 bits per heavy atom. The van der Waals surface area contributed by atoms with Crippen molar-refractivity contribution in [2.45, 2.75) is 25.9 Å². The monoisotopic (exact) mass is 275 g/mol. The maximum Gasteiger partial charge on any atom is 0.0489 e. The first kappa shape index (κ1) is 14.2. The molecule has 0 aromatic carbocycles. The zero-order chi connectivity index (χ0) is 13.8. The number of aromatic nitrogens is 1. The van der Waals surface area contributed by atoms with Crippen molar-refractivity contribution in [3.63, 3.8) is 0 Å². The Balaban J connectivity index is 2.19. The summed E-state index contributed by atoms with van der Waals surface area (Å²) in [5, 5.41) is 2.12. The van der Waals surface area contributed by atoms with Crippen molar-refractivity contribution in [1.82, 2.24) is 9.88 Å². The molecule has 0 radical (unpaired) electrons. The van der Waals surface area contributed by atoms with Gasteiger partial charge in [0.15, 0.2) is 0 Å². The second-order valence-corrected chi connectivity index (χ2v) is 5.82. The highest BCUT2D eigenvalue weighted by Gasteiger charge is 2.22. The molecule has 0 fully saturated rings. The number of aryl methyl sites for hydroxylation is 1. The van der Waals surface area contributed by atoms with Gasteiger partial charge in [0.05, 0.1) is 0 Å². The van der Waals surface area contributed by atoms with Gasteiger partial charge < -0.3 is 5.73 Å². The molecule has 2 unspecified atom stereocenters. The second kappa shape index (κ2) is 6.28. The van der Waals surface area contributed by atoms with E-state index in [4.69, 9.17) is 5.73 Å². The van der Waals surface area contributed by atoms with E-state index in [1.54, 1.807) is 11.3 Å². The highest BCUT2D eigenvalue weighted by Crippen LogP contribution is 2.30. The van der Waals surface area contributed by atoms with E-state index < -0.39 is 0 Å². The molecule has 2 atom stereocenters. The molecule has 2 N–H and O–H groups in total. The van der Waals surface area contributed by atoms with Gasteiger partial charge in [-0.05, 0) is 44.0 Å². The van der Waals surface area contributed by atoms with Gasteiger partial charge in [0.1, 0.15) is 0 Å². The zero-order valence-corrected chi connectivity index (χ0v) is 12.5. The molecule has 0 saturated heterocycles. The predicted molar refractivity (Wildman–Crippen MR) is 81.3 cm³/mol. The fourth-order valence-corrected chi connectivity index (χ4v) is 3.05. The molecule has 0 bridgehead atoms. The summed E-state index contributed by atoms with van der Waals surface area (Å²) in [6.45, 7) is 4.81. The Morgan fingerprint density at radius 1 is 1.37 bits per heavy atom. The summed E-state index contributed by atoms with van der Waals surface area (Å²) < 4.78 is 0. The van der Waals surface area contributed by atoms with E-state index in [0.717, 1.165) is 5.69 Å². The van der Waals surface area contributed by atoms with Gasteiger partial charge in [-0.2, -0.15) is 0 Å². The molecule has 0 aliphatic carbocycles. The van der Waals surface area contributed by atoms with Crippen LogP contribution in [0.15, 0.2) is 35.8 Å². The van der Waals surface area contributed by atoms with Crippen molar-refractivity contribution in [1.29, 1.82) is 0 Å². The van der Waals surface area contributed by atoms with Crippen LogP contribution in [0.4, 0.5) is 0 Å². The third kappa shape index (κ3) is 3.21. The first-order chi connectivity index (χ1) is 9.13. The van der Waals surface area contributed by atoms with Gasteiger partial charge >= 0.3 is 0 Å². The van der Waals surface area contributed by atoms with Crippen LogP contribution in [0, 0.1) is 6.92 Å². The van der Waals surface area contributed by atoms with E-state index in [-0.39, 0.29) is 6.04 Å². The van der Waals surface area contributed by atoms with Crippen LogP contribution in [0.1, 0.15) is 35.1 Å². The summed E-state index contributed by atoms with van der Waals surface area (Å²) in [5.41, 5.74) is 8.18. The lowest BCUT2D eigenvalue weighted by Crippen LogP contribution is -2.32. The van der Waals surface area contributed by atoms with Crippen molar-refractivity contribution in [2.24, 2.45) is 5.73 Å². The molecule has 0 amide bonds. The fraction of sp³-hybridized carbons (Fsp3) is 0.400. The molecule has 3 nitrogen and oxygen atoms in total. The molecule has 102 valence electrons. The van der Waals surface area contributed by atoms with E-state index in [1.807, 2.05) is 19.2 Å². The largest absolute Gasteiger partial charge is 0.329 e. The van der Waals surface area contributed by atoms with Crippen LogP contribution in [0.25, 0.3) is 0 Å². The van der Waals surface area contributed by atoms with Crippen LogP contribution in [0.5, 0.6) is 0 Å². The Hall–Kier alpha value is -1.23. The lowest BCUT2D eigenvalue weighted by Gasteiger charge is -2.32. The normalized spacial score (nSPS) is 14.6. The number of hydrogen-bond acceptors (Lipinski definition) is 4. The second-order valence-electron chi connectivity index (χ2n) is 4.84. The van der Waals surface area contributed by atoms with E-state index in [2.05, 4.69) is 47.4 Å². The topological polar surface area (TPSA) is 42.1 Å². The molecule has 0 saturated carbocycles. The third-order valence-electron chi connectivity index (χ3n) is 3.60. The molecule has 0 aliphatic rings. The van der Waals surface area contributed by atoms with Crippen molar-refractivity contribution in [2.75, 3.05) is 13.6 Å². The number of nitrogens with zero attached hydrogens (tertiary/aromatic N) is 2. The number of thiophene rings is 1. The molecule has 4 heteroatoms. The SMILES string of the molecule is Cc1ccc(C(CN)N(C)C(C)c2cccs2)cn1. The fourth-order valence-electron chi connectivity index (χ4n) is 2.21. The van der Waals surface area contributed by atoms with Crippen LogP contribution in [0.3, 0.4) is 0 Å². The smallest absolute Gasteiger partial charge is 0.0489 e. The lowest BCUT2D eigenvalue weighted by molar-refractivity contribution is 0.192. The highest BCUT2D eigenvalue weighted by molar-refractivity contribution is 7.10. The summed E-state index contributed by atoms with van der Waals surface area (Å²) in [4.78, 5) is 8.05. The molecule has 0 spiro atoms. The quantitative estimate of drug-likeness (QED) is 0.911. The number of hydrogen-bond donors (Lipinski definition) is 1. The Bertz CT molecular complexity index is 493. The number of pyridine rings is 1. The van der Waals surface area contributed by atoms with Gasteiger partial charge in [-0.25, -0.2) is 0 Å². The Labute approximate surface area is 119 Å². The van der Waals surface area contributed by atoms with Crippen molar-refractivity contribution in [3.8, 4) is 0 Å². The average Bonchev–Trinajstić information content (AvgIpc) is 2.94. The third-order valence-corrected chi connectivity index (χ3v) is 4.64. The lowest BCUT2D eigenvalue weighted by atomic mass is 10.1. The molecule has 2 rings (SSSR count). The molecular formula is C15H21N3S. The number of nitrogens with two attached hydrogens (primary N) is 1. The number of likely N-dealkylation sites (N-methyl/N-ethyl adjacent to an activating group) is 1. The van der Waals surface area contributed by atoms with Crippen molar-refractivity contribution < 1.29 is 0 Å². The minimum absolute atomic E-state index is 0.199. The molecule has 2 aromatic rings. The molecule has 19 heavy (non-hydrogen) atoms. The predicted octanol–water partition coefficient (Wildman–Crippen LogP) is 3.14. The van der Waals surface area contributed by atoms with E-state index >= 15 is 0 Å². The Kier molecular flexibility index (Phi) is 4.69. The van der Waals surface area contributed by atoms with Crippen LogP contribution in [-0.2, 0) is 0 Å². The van der Waals surface area contributed by atoms with Gasteiger partial charge in [0, 0.05) is 35.4 Å². The molecule has 2 aromatic heterocycles. The standard InChI is InChI=1S/C15H21N3S/c1-11-6-7-13(10-17-11)14(9-16)18(3)12(2)15-5-4-8-19-15/h4-8,10,12,14H,9,16H2,1-3H3. The summed E-state index contributed by atoms with van der Waals surface area (Å²) in [6.07, 6.45) is 1.94. The molecule has 2 heterocycles. The van der Waals surface area contributed by atoms with Gasteiger partial charge in [-0.3, -0.25) is 9.88 Å². The van der Waals surface area contributed by atoms with Crippen LogP contribution in [-0.4, -0.2) is 23.5 Å².